The van der Waals surface area contributed by atoms with Gasteiger partial charge in [-0.05, 0) is 49.3 Å². The maximum absolute atomic E-state index is 12.4. The van der Waals surface area contributed by atoms with Gasteiger partial charge in [0.1, 0.15) is 11.3 Å². The number of pyridine rings is 1. The molecule has 1 fully saturated rings. The fourth-order valence-corrected chi connectivity index (χ4v) is 4.37. The third-order valence-corrected chi connectivity index (χ3v) is 6.00. The molecule has 2 N–H and O–H groups in total. The summed E-state index contributed by atoms with van der Waals surface area (Å²) in [7, 11) is 1.64. The Kier molecular flexibility index (Phi) is 4.44. The molecule has 148 valence electrons. The maximum atomic E-state index is 12.4. The Morgan fingerprint density at radius 1 is 1.32 bits per heavy atom. The van der Waals surface area contributed by atoms with Crippen molar-refractivity contribution in [2.24, 2.45) is 5.92 Å². The molecular weight excluding hydrogens is 356 g/mol. The van der Waals surface area contributed by atoms with Crippen molar-refractivity contribution < 1.29 is 14.6 Å². The molecule has 28 heavy (non-hydrogen) atoms. The fraction of sp³-hybridized carbons (Fsp3) is 0.455. The van der Waals surface area contributed by atoms with Crippen LogP contribution in [-0.2, 0) is 12.0 Å². The van der Waals surface area contributed by atoms with E-state index in [1.807, 2.05) is 10.6 Å². The van der Waals surface area contributed by atoms with E-state index in [0.717, 1.165) is 54.9 Å². The molecule has 0 radical (unpaired) electrons. The van der Waals surface area contributed by atoms with Gasteiger partial charge in [0.05, 0.1) is 18.5 Å². The van der Waals surface area contributed by atoms with Crippen LogP contribution in [0.1, 0.15) is 49.0 Å². The highest BCUT2D eigenvalue weighted by atomic mass is 16.5. The molecule has 6 heteroatoms. The number of aromatic nitrogens is 1. The number of carbonyl (C=O) groups is 1. The van der Waals surface area contributed by atoms with E-state index in [1.54, 1.807) is 13.3 Å². The molecule has 1 spiro atoms. The van der Waals surface area contributed by atoms with Crippen LogP contribution in [0.5, 0.6) is 5.75 Å². The van der Waals surface area contributed by atoms with Crippen LogP contribution in [-0.4, -0.2) is 29.3 Å². The Morgan fingerprint density at radius 2 is 2.07 bits per heavy atom. The molecule has 1 aromatic carbocycles. The van der Waals surface area contributed by atoms with Crippen molar-refractivity contribution in [3.8, 4) is 17.0 Å². The molecule has 2 heterocycles. The third-order valence-electron chi connectivity index (χ3n) is 6.00. The highest BCUT2D eigenvalue weighted by Crippen LogP contribution is 2.50. The first-order valence-corrected chi connectivity index (χ1v) is 9.80. The molecule has 0 amide bonds. The fourth-order valence-electron chi connectivity index (χ4n) is 4.37. The number of hydrogen-bond acceptors (Lipinski definition) is 4. The SMILES string of the molecule is COc1cc2c(cc1NCC(C)C)CC1(CCC1)n1cc(C(=O)O)c(=O)cc1-2. The second-order valence-corrected chi connectivity index (χ2v) is 8.35. The number of hydrogen-bond donors (Lipinski definition) is 2. The molecule has 0 bridgehead atoms. The minimum atomic E-state index is -1.17. The van der Waals surface area contributed by atoms with Gasteiger partial charge in [-0.15, -0.1) is 0 Å². The number of ether oxygens (including phenoxy) is 1. The molecular formula is C22H26N2O4. The van der Waals surface area contributed by atoms with Crippen molar-refractivity contribution in [3.05, 3.63) is 45.7 Å². The van der Waals surface area contributed by atoms with Crippen LogP contribution in [0, 0.1) is 5.92 Å². The molecule has 1 aliphatic heterocycles. The first-order valence-electron chi connectivity index (χ1n) is 9.80. The third kappa shape index (κ3) is 2.87. The number of carboxylic acid groups (broad SMARTS) is 1. The highest BCUT2D eigenvalue weighted by molar-refractivity contribution is 5.88. The van der Waals surface area contributed by atoms with E-state index >= 15 is 0 Å². The number of methoxy groups -OCH3 is 1. The van der Waals surface area contributed by atoms with Crippen molar-refractivity contribution in [3.63, 3.8) is 0 Å². The standard InChI is InChI=1S/C22H26N2O4/c1-13(2)11-23-17-7-14-10-22(5-4-6-22)24-12-16(21(26)27)19(25)9-18(24)15(14)8-20(17)28-3/h7-9,12-13,23H,4-6,10-11H2,1-3H3,(H,26,27). The number of aromatic carboxylic acids is 1. The van der Waals surface area contributed by atoms with E-state index in [0.29, 0.717) is 5.92 Å². The number of rotatable bonds is 5. The summed E-state index contributed by atoms with van der Waals surface area (Å²) in [6.07, 6.45) is 5.46. The summed E-state index contributed by atoms with van der Waals surface area (Å²) in [6, 6.07) is 5.58. The molecule has 6 nitrogen and oxygen atoms in total. The smallest absolute Gasteiger partial charge is 0.341 e. The second-order valence-electron chi connectivity index (χ2n) is 8.35. The average Bonchev–Trinajstić information content (AvgIpc) is 2.62. The van der Waals surface area contributed by atoms with Gasteiger partial charge in [-0.25, -0.2) is 4.79 Å². The van der Waals surface area contributed by atoms with E-state index in [-0.39, 0.29) is 11.1 Å². The second kappa shape index (κ2) is 6.69. The lowest BCUT2D eigenvalue weighted by Gasteiger charge is -2.48. The monoisotopic (exact) mass is 382 g/mol. The summed E-state index contributed by atoms with van der Waals surface area (Å²) in [5, 5.41) is 12.9. The zero-order chi connectivity index (χ0) is 20.1. The number of fused-ring (bicyclic) bond motifs is 4. The lowest BCUT2D eigenvalue weighted by atomic mass is 9.69. The molecule has 1 saturated carbocycles. The number of nitrogens with zero attached hydrogens (tertiary/aromatic N) is 1. The molecule has 1 aromatic heterocycles. The predicted octanol–water partition coefficient (Wildman–Crippen LogP) is 3.73. The Hall–Kier alpha value is -2.76. The van der Waals surface area contributed by atoms with Gasteiger partial charge >= 0.3 is 5.97 Å². The van der Waals surface area contributed by atoms with E-state index in [1.165, 1.54) is 11.6 Å². The van der Waals surface area contributed by atoms with E-state index in [2.05, 4.69) is 25.2 Å². The van der Waals surface area contributed by atoms with Crippen LogP contribution >= 0.6 is 0 Å². The molecule has 0 saturated heterocycles. The summed E-state index contributed by atoms with van der Waals surface area (Å²) in [6.45, 7) is 5.16. The van der Waals surface area contributed by atoms with Gasteiger partial charge in [0.2, 0.25) is 0 Å². The van der Waals surface area contributed by atoms with Crippen LogP contribution in [0.4, 0.5) is 5.69 Å². The Balaban J connectivity index is 1.89. The molecule has 2 aromatic rings. The molecule has 1 aliphatic carbocycles. The van der Waals surface area contributed by atoms with Crippen molar-refractivity contribution in [2.45, 2.75) is 45.1 Å². The lowest BCUT2D eigenvalue weighted by Crippen LogP contribution is -2.46. The van der Waals surface area contributed by atoms with Crippen molar-refractivity contribution in [2.75, 3.05) is 19.0 Å². The number of carboxylic acids is 1. The summed E-state index contributed by atoms with van der Waals surface area (Å²) in [5.74, 6) is 0.0594. The van der Waals surface area contributed by atoms with Gasteiger partial charge in [0.15, 0.2) is 5.43 Å². The first kappa shape index (κ1) is 18.6. The van der Waals surface area contributed by atoms with Gasteiger partial charge in [-0.2, -0.15) is 0 Å². The number of anilines is 1. The van der Waals surface area contributed by atoms with Crippen LogP contribution in [0.25, 0.3) is 11.3 Å². The largest absolute Gasteiger partial charge is 0.495 e. The van der Waals surface area contributed by atoms with Crippen molar-refractivity contribution >= 4 is 11.7 Å². The normalized spacial score (nSPS) is 16.3. The summed E-state index contributed by atoms with van der Waals surface area (Å²) in [4.78, 5) is 23.9. The van der Waals surface area contributed by atoms with Gasteiger partial charge in [0.25, 0.3) is 0 Å². The van der Waals surface area contributed by atoms with Gasteiger partial charge < -0.3 is 19.7 Å². The number of benzene rings is 1. The first-order chi connectivity index (χ1) is 13.3. The van der Waals surface area contributed by atoms with E-state index in [4.69, 9.17) is 4.74 Å². The number of nitrogens with one attached hydrogen (secondary N) is 1. The molecule has 0 unspecified atom stereocenters. The van der Waals surface area contributed by atoms with Crippen LogP contribution < -0.4 is 15.5 Å². The molecule has 4 rings (SSSR count). The zero-order valence-corrected chi connectivity index (χ0v) is 16.5. The van der Waals surface area contributed by atoms with Gasteiger partial charge in [-0.1, -0.05) is 13.8 Å². The predicted molar refractivity (Wildman–Crippen MR) is 109 cm³/mol. The Labute approximate surface area is 164 Å². The Morgan fingerprint density at radius 3 is 2.64 bits per heavy atom. The van der Waals surface area contributed by atoms with Crippen molar-refractivity contribution in [1.82, 2.24) is 4.57 Å². The lowest BCUT2D eigenvalue weighted by molar-refractivity contribution is 0.0691. The van der Waals surface area contributed by atoms with Gasteiger partial charge in [-0.3, -0.25) is 4.79 Å². The van der Waals surface area contributed by atoms with Crippen LogP contribution in [0.2, 0.25) is 0 Å². The average molecular weight is 382 g/mol. The topological polar surface area (TPSA) is 80.6 Å². The Bertz CT molecular complexity index is 1000. The minimum absolute atomic E-state index is 0.135. The maximum Gasteiger partial charge on any atom is 0.341 e. The highest BCUT2D eigenvalue weighted by Gasteiger charge is 2.43. The van der Waals surface area contributed by atoms with Gasteiger partial charge in [0, 0.05) is 29.9 Å². The summed E-state index contributed by atoms with van der Waals surface area (Å²) in [5.41, 5.74) is 3.10. The summed E-state index contributed by atoms with van der Waals surface area (Å²) >= 11 is 0. The quantitative estimate of drug-likeness (QED) is 0.824. The zero-order valence-electron chi connectivity index (χ0n) is 16.5. The van der Waals surface area contributed by atoms with Crippen molar-refractivity contribution in [1.29, 1.82) is 0 Å². The van der Waals surface area contributed by atoms with Crippen LogP contribution in [0.15, 0.2) is 29.2 Å². The van der Waals surface area contributed by atoms with E-state index in [9.17, 15) is 14.7 Å². The minimum Gasteiger partial charge on any atom is -0.495 e. The van der Waals surface area contributed by atoms with Crippen LogP contribution in [0.3, 0.4) is 0 Å². The summed E-state index contributed by atoms with van der Waals surface area (Å²) < 4.78 is 7.63. The molecule has 2 aliphatic rings. The molecule has 0 atom stereocenters. The van der Waals surface area contributed by atoms with E-state index < -0.39 is 11.4 Å².